The summed E-state index contributed by atoms with van der Waals surface area (Å²) in [6, 6.07) is 13.2. The van der Waals surface area contributed by atoms with Gasteiger partial charge in [-0.2, -0.15) is 0 Å². The molecule has 0 saturated heterocycles. The van der Waals surface area contributed by atoms with E-state index in [2.05, 4.69) is 19.2 Å². The fourth-order valence-corrected chi connectivity index (χ4v) is 2.77. The van der Waals surface area contributed by atoms with Crippen LogP contribution in [0.3, 0.4) is 0 Å². The van der Waals surface area contributed by atoms with Crippen LogP contribution in [0.4, 0.5) is 11.4 Å². The van der Waals surface area contributed by atoms with Crippen molar-refractivity contribution in [3.05, 3.63) is 59.2 Å². The standard InChI is InChI=1S/C19H20N2O2/c1-12(2)13-4-6-14(7-5-13)19(23)20-16-8-9-17-15(10-16)11-18(22)21(17)3/h4-10,12H,11H2,1-3H3,(H,20,23). The maximum Gasteiger partial charge on any atom is 0.255 e. The number of carbonyl (C=O) groups excluding carboxylic acids is 2. The van der Waals surface area contributed by atoms with Crippen molar-refractivity contribution in [3.8, 4) is 0 Å². The van der Waals surface area contributed by atoms with Crippen molar-refractivity contribution in [2.24, 2.45) is 0 Å². The average molecular weight is 308 g/mol. The predicted molar refractivity (Wildman–Crippen MR) is 92.0 cm³/mol. The van der Waals surface area contributed by atoms with Crippen molar-refractivity contribution in [2.75, 3.05) is 17.3 Å². The van der Waals surface area contributed by atoms with Crippen LogP contribution in [0.2, 0.25) is 0 Å². The van der Waals surface area contributed by atoms with E-state index >= 15 is 0 Å². The van der Waals surface area contributed by atoms with E-state index in [1.165, 1.54) is 5.56 Å². The molecule has 1 N–H and O–H groups in total. The third-order valence-electron chi connectivity index (χ3n) is 4.25. The number of amides is 2. The van der Waals surface area contributed by atoms with Gasteiger partial charge in [-0.3, -0.25) is 9.59 Å². The minimum absolute atomic E-state index is 0.0766. The van der Waals surface area contributed by atoms with Gasteiger partial charge in [0.25, 0.3) is 5.91 Å². The topological polar surface area (TPSA) is 49.4 Å². The molecule has 0 aliphatic carbocycles. The number of likely N-dealkylation sites (N-methyl/N-ethyl adjacent to an activating group) is 1. The number of anilines is 2. The van der Waals surface area contributed by atoms with E-state index in [-0.39, 0.29) is 11.8 Å². The number of rotatable bonds is 3. The summed E-state index contributed by atoms with van der Waals surface area (Å²) in [5.41, 5.74) is 4.41. The molecule has 1 aliphatic heterocycles. The van der Waals surface area contributed by atoms with E-state index in [1.54, 1.807) is 11.9 Å². The first-order chi connectivity index (χ1) is 11.0. The van der Waals surface area contributed by atoms with Crippen LogP contribution < -0.4 is 10.2 Å². The molecule has 118 valence electrons. The lowest BCUT2D eigenvalue weighted by atomic mass is 10.0. The Hall–Kier alpha value is -2.62. The van der Waals surface area contributed by atoms with E-state index < -0.39 is 0 Å². The summed E-state index contributed by atoms with van der Waals surface area (Å²) in [5.74, 6) is 0.379. The smallest absolute Gasteiger partial charge is 0.255 e. The zero-order valence-electron chi connectivity index (χ0n) is 13.6. The van der Waals surface area contributed by atoms with Crippen LogP contribution in [0.1, 0.15) is 41.3 Å². The Morgan fingerprint density at radius 3 is 2.48 bits per heavy atom. The highest BCUT2D eigenvalue weighted by atomic mass is 16.2. The van der Waals surface area contributed by atoms with Gasteiger partial charge in [-0.1, -0.05) is 26.0 Å². The Morgan fingerprint density at radius 2 is 1.83 bits per heavy atom. The van der Waals surface area contributed by atoms with Gasteiger partial charge in [0, 0.05) is 24.0 Å². The van der Waals surface area contributed by atoms with Crippen molar-refractivity contribution in [1.82, 2.24) is 0 Å². The number of benzene rings is 2. The lowest BCUT2D eigenvalue weighted by Gasteiger charge is -2.11. The molecule has 0 aromatic heterocycles. The molecule has 1 aliphatic rings. The molecule has 0 radical (unpaired) electrons. The Bertz CT molecular complexity index is 763. The molecule has 23 heavy (non-hydrogen) atoms. The van der Waals surface area contributed by atoms with Crippen LogP contribution in [0.15, 0.2) is 42.5 Å². The Balaban J connectivity index is 1.76. The van der Waals surface area contributed by atoms with Crippen LogP contribution in [0, 0.1) is 0 Å². The summed E-state index contributed by atoms with van der Waals surface area (Å²) >= 11 is 0. The fourth-order valence-electron chi connectivity index (χ4n) is 2.77. The molecule has 0 unspecified atom stereocenters. The first kappa shape index (κ1) is 15.3. The number of nitrogens with zero attached hydrogens (tertiary/aromatic N) is 1. The average Bonchev–Trinajstić information content (AvgIpc) is 2.81. The summed E-state index contributed by atoms with van der Waals surface area (Å²) in [7, 11) is 1.77. The van der Waals surface area contributed by atoms with Crippen molar-refractivity contribution in [2.45, 2.75) is 26.2 Å². The molecule has 0 saturated carbocycles. The number of fused-ring (bicyclic) bond motifs is 1. The third-order valence-corrected chi connectivity index (χ3v) is 4.25. The Kier molecular flexibility index (Phi) is 3.90. The molecule has 1 heterocycles. The van der Waals surface area contributed by atoms with Gasteiger partial charge >= 0.3 is 0 Å². The second kappa shape index (κ2) is 5.88. The molecule has 0 bridgehead atoms. The largest absolute Gasteiger partial charge is 0.322 e. The summed E-state index contributed by atoms with van der Waals surface area (Å²) in [4.78, 5) is 25.7. The van der Waals surface area contributed by atoms with Gasteiger partial charge in [0.05, 0.1) is 6.42 Å². The fraction of sp³-hybridized carbons (Fsp3) is 0.263. The molecular formula is C19H20N2O2. The maximum atomic E-state index is 12.3. The van der Waals surface area contributed by atoms with E-state index in [4.69, 9.17) is 0 Å². The monoisotopic (exact) mass is 308 g/mol. The molecule has 4 nitrogen and oxygen atoms in total. The van der Waals surface area contributed by atoms with Gasteiger partial charge in [0.2, 0.25) is 5.91 Å². The molecule has 2 aromatic rings. The Morgan fingerprint density at radius 1 is 1.13 bits per heavy atom. The van der Waals surface area contributed by atoms with Crippen molar-refractivity contribution >= 4 is 23.2 Å². The molecule has 2 aromatic carbocycles. The highest BCUT2D eigenvalue weighted by Gasteiger charge is 2.24. The summed E-state index contributed by atoms with van der Waals surface area (Å²) in [6.45, 7) is 4.25. The lowest BCUT2D eigenvalue weighted by Crippen LogP contribution is -2.20. The SMILES string of the molecule is CC(C)c1ccc(C(=O)Nc2ccc3c(c2)CC(=O)N3C)cc1. The predicted octanol–water partition coefficient (Wildman–Crippen LogP) is 3.58. The lowest BCUT2D eigenvalue weighted by molar-refractivity contribution is -0.117. The number of nitrogens with one attached hydrogen (secondary N) is 1. The minimum atomic E-state index is -0.141. The molecule has 0 fully saturated rings. The maximum absolute atomic E-state index is 12.3. The Labute approximate surface area is 136 Å². The first-order valence-electron chi connectivity index (χ1n) is 7.76. The van der Waals surface area contributed by atoms with Gasteiger partial charge in [0.15, 0.2) is 0 Å². The summed E-state index contributed by atoms with van der Waals surface area (Å²) in [5, 5.41) is 2.90. The van der Waals surface area contributed by atoms with Gasteiger partial charge in [0.1, 0.15) is 0 Å². The molecule has 4 heteroatoms. The van der Waals surface area contributed by atoms with Crippen molar-refractivity contribution in [3.63, 3.8) is 0 Å². The minimum Gasteiger partial charge on any atom is -0.322 e. The van der Waals surface area contributed by atoms with Gasteiger partial charge in [-0.05, 0) is 47.4 Å². The normalized spacial score (nSPS) is 13.4. The van der Waals surface area contributed by atoms with Crippen LogP contribution in [0.25, 0.3) is 0 Å². The van der Waals surface area contributed by atoms with Crippen molar-refractivity contribution < 1.29 is 9.59 Å². The van der Waals surface area contributed by atoms with Gasteiger partial charge in [-0.15, -0.1) is 0 Å². The van der Waals surface area contributed by atoms with E-state index in [0.29, 0.717) is 23.6 Å². The third kappa shape index (κ3) is 2.97. The van der Waals surface area contributed by atoms with E-state index in [9.17, 15) is 9.59 Å². The second-order valence-electron chi connectivity index (χ2n) is 6.20. The first-order valence-corrected chi connectivity index (χ1v) is 7.76. The molecular weight excluding hydrogens is 288 g/mol. The van der Waals surface area contributed by atoms with E-state index in [0.717, 1.165) is 11.3 Å². The molecule has 3 rings (SSSR count). The highest BCUT2D eigenvalue weighted by molar-refractivity contribution is 6.05. The van der Waals surface area contributed by atoms with Gasteiger partial charge in [-0.25, -0.2) is 0 Å². The van der Waals surface area contributed by atoms with Crippen LogP contribution in [-0.2, 0) is 11.2 Å². The summed E-state index contributed by atoms with van der Waals surface area (Å²) < 4.78 is 0. The highest BCUT2D eigenvalue weighted by Crippen LogP contribution is 2.30. The zero-order valence-corrected chi connectivity index (χ0v) is 13.6. The quantitative estimate of drug-likeness (QED) is 0.942. The second-order valence-corrected chi connectivity index (χ2v) is 6.20. The van der Waals surface area contributed by atoms with Crippen LogP contribution in [0.5, 0.6) is 0 Å². The van der Waals surface area contributed by atoms with Crippen LogP contribution >= 0.6 is 0 Å². The zero-order chi connectivity index (χ0) is 16.6. The molecule has 0 spiro atoms. The van der Waals surface area contributed by atoms with Gasteiger partial charge < -0.3 is 10.2 Å². The van der Waals surface area contributed by atoms with Crippen LogP contribution in [-0.4, -0.2) is 18.9 Å². The number of hydrogen-bond donors (Lipinski definition) is 1. The van der Waals surface area contributed by atoms with Crippen molar-refractivity contribution in [1.29, 1.82) is 0 Å². The number of carbonyl (C=O) groups is 2. The molecule has 0 atom stereocenters. The van der Waals surface area contributed by atoms with E-state index in [1.807, 2.05) is 42.5 Å². The number of hydrogen-bond acceptors (Lipinski definition) is 2. The summed E-state index contributed by atoms with van der Waals surface area (Å²) in [6.07, 6.45) is 0.388. The molecule has 2 amide bonds.